The van der Waals surface area contributed by atoms with Crippen molar-refractivity contribution < 1.29 is 9.53 Å². The number of esters is 1. The first-order valence-electron chi connectivity index (χ1n) is 14.7. The Morgan fingerprint density at radius 1 is 0.932 bits per heavy atom. The van der Waals surface area contributed by atoms with Crippen LogP contribution in [0.4, 0.5) is 0 Å². The fourth-order valence-electron chi connectivity index (χ4n) is 6.21. The normalized spacial score (nSPS) is 15.1. The molecule has 4 aromatic carbocycles. The van der Waals surface area contributed by atoms with Crippen molar-refractivity contribution in [2.75, 3.05) is 6.61 Å². The molecule has 0 radical (unpaired) electrons. The second-order valence-electron chi connectivity index (χ2n) is 11.0. The Kier molecular flexibility index (Phi) is 7.10. The summed E-state index contributed by atoms with van der Waals surface area (Å²) in [6.07, 6.45) is 4.08. The average Bonchev–Trinajstić information content (AvgIpc) is 3.53. The summed E-state index contributed by atoms with van der Waals surface area (Å²) < 4.78 is 9.97. The Morgan fingerprint density at radius 2 is 1.66 bits per heavy atom. The zero-order chi connectivity index (χ0) is 30.4. The van der Waals surface area contributed by atoms with Crippen LogP contribution in [0.3, 0.4) is 0 Å². The van der Waals surface area contributed by atoms with Crippen molar-refractivity contribution in [1.29, 1.82) is 0 Å². The van der Waals surface area contributed by atoms with Gasteiger partial charge in [0.15, 0.2) is 4.80 Å². The van der Waals surface area contributed by atoms with Gasteiger partial charge in [0, 0.05) is 29.2 Å². The molecule has 0 fully saturated rings. The van der Waals surface area contributed by atoms with Crippen LogP contribution in [0.15, 0.2) is 118 Å². The summed E-state index contributed by atoms with van der Waals surface area (Å²) in [6.45, 7) is 6.69. The summed E-state index contributed by atoms with van der Waals surface area (Å²) in [5.74, 6) is -0.458. The molecule has 3 heterocycles. The largest absolute Gasteiger partial charge is 0.463 e. The lowest BCUT2D eigenvalue weighted by atomic mass is 9.91. The summed E-state index contributed by atoms with van der Waals surface area (Å²) in [5, 5.41) is 3.08. The lowest BCUT2D eigenvalue weighted by Gasteiger charge is -2.25. The predicted octanol–water partition coefficient (Wildman–Crippen LogP) is 6.26. The van der Waals surface area contributed by atoms with Gasteiger partial charge in [-0.2, -0.15) is 0 Å². The van der Waals surface area contributed by atoms with Crippen LogP contribution in [0, 0.1) is 6.92 Å². The van der Waals surface area contributed by atoms with Crippen LogP contribution in [0.1, 0.15) is 42.1 Å². The Hall–Kier alpha value is -5.01. The standard InChI is InChI=1S/C37H31N3O3S/c1-4-43-36(42)33-24(3)38-37-40(34(33)30-18-11-15-25-13-7-8-16-28(25)30)35(41)32(44-37)20-27-22-39(31-19-10-9-17-29(27)31)21-26-14-6-5-12-23(26)2/h5-20,22,34H,4,21H2,1-3H3/b32-20+/t34-/m0/s1. The highest BCUT2D eigenvalue weighted by Crippen LogP contribution is 2.35. The quantitative estimate of drug-likeness (QED) is 0.213. The smallest absolute Gasteiger partial charge is 0.338 e. The van der Waals surface area contributed by atoms with Crippen molar-refractivity contribution in [2.24, 2.45) is 4.99 Å². The molecule has 0 N–H and O–H groups in total. The molecule has 7 heteroatoms. The van der Waals surface area contributed by atoms with E-state index >= 15 is 0 Å². The number of nitrogens with zero attached hydrogens (tertiary/aromatic N) is 3. The highest BCUT2D eigenvalue weighted by molar-refractivity contribution is 7.07. The van der Waals surface area contributed by atoms with Crippen molar-refractivity contribution in [2.45, 2.75) is 33.4 Å². The minimum atomic E-state index is -0.666. The number of allylic oxidation sites excluding steroid dienone is 1. The molecular formula is C37H31N3O3S. The zero-order valence-electron chi connectivity index (χ0n) is 24.8. The molecule has 218 valence electrons. The topological polar surface area (TPSA) is 65.6 Å². The molecule has 0 amide bonds. The molecule has 1 atom stereocenters. The number of thiazole rings is 1. The van der Waals surface area contributed by atoms with E-state index in [0.29, 0.717) is 20.6 Å². The third-order valence-corrected chi connectivity index (χ3v) is 9.33. The van der Waals surface area contributed by atoms with Crippen LogP contribution >= 0.6 is 11.3 Å². The molecule has 2 aromatic heterocycles. The lowest BCUT2D eigenvalue weighted by Crippen LogP contribution is -2.40. The Morgan fingerprint density at radius 3 is 2.48 bits per heavy atom. The van der Waals surface area contributed by atoms with E-state index in [0.717, 1.165) is 39.3 Å². The van der Waals surface area contributed by atoms with E-state index in [1.54, 1.807) is 11.5 Å². The van der Waals surface area contributed by atoms with E-state index in [-0.39, 0.29) is 12.2 Å². The number of aryl methyl sites for hydroxylation is 1. The van der Waals surface area contributed by atoms with Gasteiger partial charge in [-0.05, 0) is 60.4 Å². The number of hydrogen-bond donors (Lipinski definition) is 0. The summed E-state index contributed by atoms with van der Waals surface area (Å²) in [4.78, 5) is 33.1. The van der Waals surface area contributed by atoms with Gasteiger partial charge in [-0.25, -0.2) is 9.79 Å². The highest BCUT2D eigenvalue weighted by atomic mass is 32.1. The van der Waals surface area contributed by atoms with Crippen LogP contribution < -0.4 is 14.9 Å². The number of benzene rings is 4. The molecule has 44 heavy (non-hydrogen) atoms. The minimum absolute atomic E-state index is 0.184. The van der Waals surface area contributed by atoms with E-state index in [1.807, 2.05) is 67.6 Å². The number of carbonyl (C=O) groups excluding carboxylic acids is 1. The SMILES string of the molecule is CCOC(=O)C1=C(C)N=c2s/c(=C/c3cn(Cc4ccccc4C)c4ccccc34)c(=O)n2[C@H]1c1cccc2ccccc12. The number of ether oxygens (including phenoxy) is 1. The Labute approximate surface area is 258 Å². The molecule has 7 rings (SSSR count). The maximum atomic E-state index is 14.3. The van der Waals surface area contributed by atoms with Crippen molar-refractivity contribution in [3.05, 3.63) is 150 Å². The third-order valence-electron chi connectivity index (χ3n) is 8.34. The minimum Gasteiger partial charge on any atom is -0.463 e. The van der Waals surface area contributed by atoms with Gasteiger partial charge in [0.2, 0.25) is 0 Å². The van der Waals surface area contributed by atoms with E-state index in [4.69, 9.17) is 9.73 Å². The lowest BCUT2D eigenvalue weighted by molar-refractivity contribution is -0.139. The Balaban J connectivity index is 1.43. The molecule has 0 spiro atoms. The number of para-hydroxylation sites is 1. The van der Waals surface area contributed by atoms with Gasteiger partial charge in [0.05, 0.1) is 28.5 Å². The molecule has 1 aliphatic heterocycles. The fraction of sp³-hybridized carbons (Fsp3) is 0.162. The van der Waals surface area contributed by atoms with Crippen molar-refractivity contribution in [3.8, 4) is 0 Å². The number of aromatic nitrogens is 2. The van der Waals surface area contributed by atoms with Gasteiger partial charge in [-0.3, -0.25) is 9.36 Å². The number of rotatable bonds is 6. The molecule has 0 saturated carbocycles. The maximum absolute atomic E-state index is 14.3. The second kappa shape index (κ2) is 11.2. The first kappa shape index (κ1) is 27.8. The molecule has 0 saturated heterocycles. The summed E-state index contributed by atoms with van der Waals surface area (Å²) in [7, 11) is 0. The molecule has 6 aromatic rings. The van der Waals surface area contributed by atoms with E-state index in [2.05, 4.69) is 54.1 Å². The number of carbonyl (C=O) groups is 1. The highest BCUT2D eigenvalue weighted by Gasteiger charge is 2.34. The van der Waals surface area contributed by atoms with Crippen LogP contribution in [-0.4, -0.2) is 21.7 Å². The molecule has 0 aliphatic carbocycles. The Bertz CT molecular complexity index is 2300. The van der Waals surface area contributed by atoms with Gasteiger partial charge in [-0.15, -0.1) is 0 Å². The predicted molar refractivity (Wildman–Crippen MR) is 177 cm³/mol. The van der Waals surface area contributed by atoms with E-state index < -0.39 is 12.0 Å². The van der Waals surface area contributed by atoms with Gasteiger partial charge in [0.25, 0.3) is 5.56 Å². The molecule has 0 unspecified atom stereocenters. The van der Waals surface area contributed by atoms with Crippen molar-refractivity contribution in [1.82, 2.24) is 9.13 Å². The maximum Gasteiger partial charge on any atom is 0.338 e. The van der Waals surface area contributed by atoms with Crippen LogP contribution in [0.5, 0.6) is 0 Å². The van der Waals surface area contributed by atoms with Crippen LogP contribution in [-0.2, 0) is 16.1 Å². The third kappa shape index (κ3) is 4.70. The first-order valence-corrected chi connectivity index (χ1v) is 15.6. The number of hydrogen-bond acceptors (Lipinski definition) is 5. The summed E-state index contributed by atoms with van der Waals surface area (Å²) in [6, 6.07) is 30.0. The molecule has 0 bridgehead atoms. The van der Waals surface area contributed by atoms with Crippen LogP contribution in [0.25, 0.3) is 27.8 Å². The summed E-state index contributed by atoms with van der Waals surface area (Å²) in [5.41, 5.74) is 6.17. The summed E-state index contributed by atoms with van der Waals surface area (Å²) >= 11 is 1.35. The van der Waals surface area contributed by atoms with E-state index in [9.17, 15) is 9.59 Å². The van der Waals surface area contributed by atoms with Gasteiger partial charge in [0.1, 0.15) is 0 Å². The zero-order valence-corrected chi connectivity index (χ0v) is 25.6. The molecular weight excluding hydrogens is 566 g/mol. The fourth-order valence-corrected chi connectivity index (χ4v) is 7.25. The molecule has 1 aliphatic rings. The van der Waals surface area contributed by atoms with E-state index in [1.165, 1.54) is 22.5 Å². The van der Waals surface area contributed by atoms with Crippen LogP contribution in [0.2, 0.25) is 0 Å². The van der Waals surface area contributed by atoms with Gasteiger partial charge < -0.3 is 9.30 Å². The first-order chi connectivity index (χ1) is 21.4. The second-order valence-corrected chi connectivity index (χ2v) is 12.0. The van der Waals surface area contributed by atoms with Gasteiger partial charge >= 0.3 is 5.97 Å². The average molecular weight is 598 g/mol. The number of fused-ring (bicyclic) bond motifs is 3. The van der Waals surface area contributed by atoms with Crippen molar-refractivity contribution in [3.63, 3.8) is 0 Å². The van der Waals surface area contributed by atoms with Gasteiger partial charge in [-0.1, -0.05) is 96.3 Å². The van der Waals surface area contributed by atoms with Crippen molar-refractivity contribution >= 4 is 45.1 Å². The monoisotopic (exact) mass is 597 g/mol. The molecule has 6 nitrogen and oxygen atoms in total.